The highest BCUT2D eigenvalue weighted by atomic mass is 16.6. The predicted octanol–water partition coefficient (Wildman–Crippen LogP) is 3.65. The molecular weight excluding hydrogens is 292 g/mol. The van der Waals surface area contributed by atoms with Gasteiger partial charge in [-0.1, -0.05) is 6.08 Å². The average Bonchev–Trinajstić information content (AvgIpc) is 2.76. The fourth-order valence-electron chi connectivity index (χ4n) is 3.35. The van der Waals surface area contributed by atoms with Crippen LogP contribution in [0.4, 0.5) is 4.79 Å². The highest BCUT2D eigenvalue weighted by Gasteiger charge is 2.41. The van der Waals surface area contributed by atoms with Gasteiger partial charge in [-0.25, -0.2) is 4.79 Å². The van der Waals surface area contributed by atoms with Crippen LogP contribution in [0.15, 0.2) is 24.5 Å². The fourth-order valence-corrected chi connectivity index (χ4v) is 3.35. The molecule has 0 radical (unpaired) electrons. The molecule has 5 heteroatoms. The number of methoxy groups -OCH3 is 1. The molecule has 1 fully saturated rings. The van der Waals surface area contributed by atoms with E-state index in [9.17, 15) is 4.79 Å². The first-order chi connectivity index (χ1) is 10.9. The summed E-state index contributed by atoms with van der Waals surface area (Å²) >= 11 is 0. The topological polar surface area (TPSA) is 51.7 Å². The number of pyridine rings is 1. The van der Waals surface area contributed by atoms with E-state index >= 15 is 0 Å². The van der Waals surface area contributed by atoms with Crippen molar-refractivity contribution in [1.82, 2.24) is 9.88 Å². The Kier molecular flexibility index (Phi) is 4.04. The van der Waals surface area contributed by atoms with Gasteiger partial charge in [0.05, 0.1) is 19.3 Å². The molecule has 0 aromatic carbocycles. The lowest BCUT2D eigenvalue weighted by Gasteiger charge is -2.35. The lowest BCUT2D eigenvalue weighted by atomic mass is 9.96. The Morgan fingerprint density at radius 2 is 2.09 bits per heavy atom. The molecule has 0 aliphatic carbocycles. The number of nitrogens with zero attached hydrogens (tertiary/aromatic N) is 2. The summed E-state index contributed by atoms with van der Waals surface area (Å²) in [4.78, 5) is 18.6. The second-order valence-corrected chi connectivity index (χ2v) is 7.20. The van der Waals surface area contributed by atoms with Crippen LogP contribution < -0.4 is 4.74 Å². The van der Waals surface area contributed by atoms with Crippen molar-refractivity contribution in [3.63, 3.8) is 0 Å². The Hall–Kier alpha value is -2.04. The number of carbonyl (C=O) groups is 1. The van der Waals surface area contributed by atoms with Crippen LogP contribution in [0.5, 0.6) is 5.75 Å². The summed E-state index contributed by atoms with van der Waals surface area (Å²) in [5.74, 6) is 0.755. The second kappa shape index (κ2) is 5.87. The molecule has 23 heavy (non-hydrogen) atoms. The SMILES string of the molecule is COc1cncc(C2=CC3CCC(C2)N3C(=O)OC(C)(C)C)c1. The Balaban J connectivity index is 1.81. The minimum absolute atomic E-state index is 0.116. The van der Waals surface area contributed by atoms with Crippen molar-refractivity contribution in [1.29, 1.82) is 0 Å². The molecule has 3 rings (SSSR count). The van der Waals surface area contributed by atoms with Crippen LogP contribution in [-0.2, 0) is 4.74 Å². The van der Waals surface area contributed by atoms with Crippen LogP contribution in [0.3, 0.4) is 0 Å². The molecule has 2 bridgehead atoms. The first-order valence-corrected chi connectivity index (χ1v) is 8.09. The lowest BCUT2D eigenvalue weighted by molar-refractivity contribution is 0.0175. The molecule has 5 nitrogen and oxygen atoms in total. The van der Waals surface area contributed by atoms with E-state index < -0.39 is 5.60 Å². The number of amides is 1. The maximum atomic E-state index is 12.5. The van der Waals surface area contributed by atoms with Crippen LogP contribution in [0.2, 0.25) is 0 Å². The number of hydrogen-bond acceptors (Lipinski definition) is 4. The van der Waals surface area contributed by atoms with E-state index in [0.29, 0.717) is 0 Å². The van der Waals surface area contributed by atoms with Gasteiger partial charge in [0.15, 0.2) is 0 Å². The monoisotopic (exact) mass is 316 g/mol. The van der Waals surface area contributed by atoms with E-state index in [1.165, 1.54) is 5.57 Å². The summed E-state index contributed by atoms with van der Waals surface area (Å²) in [7, 11) is 1.64. The van der Waals surface area contributed by atoms with Gasteiger partial charge in [0.2, 0.25) is 0 Å². The molecule has 1 amide bonds. The highest BCUT2D eigenvalue weighted by molar-refractivity contribution is 5.75. The van der Waals surface area contributed by atoms with Crippen molar-refractivity contribution < 1.29 is 14.3 Å². The summed E-state index contributed by atoms with van der Waals surface area (Å²) < 4.78 is 10.8. The van der Waals surface area contributed by atoms with Crippen molar-refractivity contribution in [2.75, 3.05) is 7.11 Å². The van der Waals surface area contributed by atoms with Gasteiger partial charge in [-0.3, -0.25) is 9.88 Å². The number of rotatable bonds is 2. The Bertz CT molecular complexity index is 633. The summed E-state index contributed by atoms with van der Waals surface area (Å²) in [6.07, 6.45) is 8.38. The highest BCUT2D eigenvalue weighted by Crippen LogP contribution is 2.39. The minimum atomic E-state index is -0.461. The number of fused-ring (bicyclic) bond motifs is 2. The van der Waals surface area contributed by atoms with E-state index in [2.05, 4.69) is 11.1 Å². The van der Waals surface area contributed by atoms with E-state index in [1.54, 1.807) is 13.3 Å². The van der Waals surface area contributed by atoms with E-state index in [-0.39, 0.29) is 18.2 Å². The lowest BCUT2D eigenvalue weighted by Crippen LogP contribution is -2.45. The van der Waals surface area contributed by atoms with E-state index in [4.69, 9.17) is 9.47 Å². The molecule has 2 aliphatic heterocycles. The zero-order valence-electron chi connectivity index (χ0n) is 14.2. The first kappa shape index (κ1) is 15.8. The van der Waals surface area contributed by atoms with Gasteiger partial charge in [0, 0.05) is 12.2 Å². The van der Waals surface area contributed by atoms with Gasteiger partial charge < -0.3 is 9.47 Å². The predicted molar refractivity (Wildman–Crippen MR) is 88.3 cm³/mol. The first-order valence-electron chi connectivity index (χ1n) is 8.09. The van der Waals surface area contributed by atoms with Gasteiger partial charge in [-0.15, -0.1) is 0 Å². The van der Waals surface area contributed by atoms with Crippen molar-refractivity contribution >= 4 is 11.7 Å². The summed E-state index contributed by atoms with van der Waals surface area (Å²) in [5.41, 5.74) is 1.85. The average molecular weight is 316 g/mol. The van der Waals surface area contributed by atoms with E-state index in [0.717, 1.165) is 30.6 Å². The zero-order chi connectivity index (χ0) is 16.6. The number of aromatic nitrogens is 1. The van der Waals surface area contributed by atoms with Crippen LogP contribution in [-0.4, -0.2) is 40.8 Å². The molecule has 0 N–H and O–H groups in total. The molecule has 1 aromatic heterocycles. The van der Waals surface area contributed by atoms with Crippen LogP contribution in [0.25, 0.3) is 5.57 Å². The number of hydrogen-bond donors (Lipinski definition) is 0. The van der Waals surface area contributed by atoms with Crippen molar-refractivity contribution in [3.05, 3.63) is 30.1 Å². The molecule has 2 unspecified atom stereocenters. The molecule has 124 valence electrons. The molecule has 0 saturated carbocycles. The Morgan fingerprint density at radius 1 is 1.30 bits per heavy atom. The van der Waals surface area contributed by atoms with Crippen molar-refractivity contribution in [2.24, 2.45) is 0 Å². The second-order valence-electron chi connectivity index (χ2n) is 7.20. The van der Waals surface area contributed by atoms with Gasteiger partial charge in [-0.2, -0.15) is 0 Å². The number of ether oxygens (including phenoxy) is 2. The standard InChI is InChI=1S/C18H24N2O3/c1-18(2,3)23-17(21)20-14-5-6-15(20)8-12(7-14)13-9-16(22-4)11-19-10-13/h7,9-11,14-15H,5-6,8H2,1-4H3. The fraction of sp³-hybridized carbons (Fsp3) is 0.556. The normalized spacial score (nSPS) is 23.5. The largest absolute Gasteiger partial charge is 0.495 e. The van der Waals surface area contributed by atoms with Crippen LogP contribution in [0, 0.1) is 0 Å². The Labute approximate surface area is 137 Å². The molecule has 3 heterocycles. The molecule has 2 aliphatic rings. The summed E-state index contributed by atoms with van der Waals surface area (Å²) in [5, 5.41) is 0. The third-order valence-electron chi connectivity index (χ3n) is 4.32. The smallest absolute Gasteiger partial charge is 0.411 e. The molecule has 2 atom stereocenters. The molecule has 0 spiro atoms. The maximum absolute atomic E-state index is 12.5. The van der Waals surface area contributed by atoms with Crippen LogP contribution in [0.1, 0.15) is 45.6 Å². The summed E-state index contributed by atoms with van der Waals surface area (Å²) in [6.45, 7) is 5.71. The number of carbonyl (C=O) groups excluding carboxylic acids is 1. The van der Waals surface area contributed by atoms with Gasteiger partial charge in [-0.05, 0) is 57.2 Å². The minimum Gasteiger partial charge on any atom is -0.495 e. The Morgan fingerprint density at radius 3 is 2.74 bits per heavy atom. The van der Waals surface area contributed by atoms with Crippen molar-refractivity contribution in [2.45, 2.75) is 57.7 Å². The molecule has 1 aromatic rings. The third kappa shape index (κ3) is 3.33. The van der Waals surface area contributed by atoms with Gasteiger partial charge in [0.1, 0.15) is 11.4 Å². The quantitative estimate of drug-likeness (QED) is 0.836. The van der Waals surface area contributed by atoms with Crippen molar-refractivity contribution in [3.8, 4) is 5.75 Å². The maximum Gasteiger partial charge on any atom is 0.411 e. The van der Waals surface area contributed by atoms with Crippen LogP contribution >= 0.6 is 0 Å². The molecule has 1 saturated heterocycles. The zero-order valence-corrected chi connectivity index (χ0v) is 14.2. The van der Waals surface area contributed by atoms with Gasteiger partial charge >= 0.3 is 6.09 Å². The molecular formula is C18H24N2O3. The van der Waals surface area contributed by atoms with E-state index in [1.807, 2.05) is 37.9 Å². The summed E-state index contributed by atoms with van der Waals surface area (Å²) in [6, 6.07) is 2.33. The third-order valence-corrected chi connectivity index (χ3v) is 4.32. The van der Waals surface area contributed by atoms with Gasteiger partial charge in [0.25, 0.3) is 0 Å².